The van der Waals surface area contributed by atoms with Crippen LogP contribution in [0.2, 0.25) is 0 Å². The highest BCUT2D eigenvalue weighted by atomic mass is 16.6. The molecule has 0 aliphatic rings. The molecule has 0 aliphatic heterocycles. The summed E-state index contributed by atoms with van der Waals surface area (Å²) in [6.45, 7) is 3.78. The quantitative estimate of drug-likeness (QED) is 0.524. The Hall–Kier alpha value is -3.21. The van der Waals surface area contributed by atoms with Gasteiger partial charge in [0.2, 0.25) is 0 Å². The van der Waals surface area contributed by atoms with E-state index >= 15 is 0 Å². The summed E-state index contributed by atoms with van der Waals surface area (Å²) in [5.74, 6) is -0.300. The Morgan fingerprint density at radius 2 is 1.85 bits per heavy atom. The average molecular weight is 348 g/mol. The zero-order chi connectivity index (χ0) is 18.7. The summed E-state index contributed by atoms with van der Waals surface area (Å²) in [7, 11) is 0. The first-order chi connectivity index (χ1) is 12.5. The fourth-order valence-electron chi connectivity index (χ4n) is 3.16. The van der Waals surface area contributed by atoms with E-state index in [-0.39, 0.29) is 17.6 Å². The van der Waals surface area contributed by atoms with Gasteiger partial charge in [-0.3, -0.25) is 14.9 Å². The van der Waals surface area contributed by atoms with Crippen LogP contribution in [0.3, 0.4) is 0 Å². The molecule has 5 heteroatoms. The van der Waals surface area contributed by atoms with Crippen LogP contribution in [0, 0.1) is 17.0 Å². The monoisotopic (exact) mass is 348 g/mol. The normalized spacial score (nSPS) is 11.9. The molecule has 0 heterocycles. The lowest BCUT2D eigenvalue weighted by molar-refractivity contribution is -0.384. The van der Waals surface area contributed by atoms with Crippen molar-refractivity contribution in [2.75, 3.05) is 0 Å². The molecular formula is C21H20N2O3. The van der Waals surface area contributed by atoms with Gasteiger partial charge < -0.3 is 5.32 Å². The number of carbonyl (C=O) groups excluding carboxylic acids is 1. The Kier molecular flexibility index (Phi) is 4.98. The Morgan fingerprint density at radius 1 is 1.12 bits per heavy atom. The first-order valence-electron chi connectivity index (χ1n) is 8.54. The van der Waals surface area contributed by atoms with Gasteiger partial charge in [0, 0.05) is 17.7 Å². The van der Waals surface area contributed by atoms with Gasteiger partial charge in [-0.1, -0.05) is 55.5 Å². The maximum atomic E-state index is 12.8. The van der Waals surface area contributed by atoms with Crippen molar-refractivity contribution in [3.63, 3.8) is 0 Å². The first kappa shape index (κ1) is 17.6. The Morgan fingerprint density at radius 3 is 2.58 bits per heavy atom. The van der Waals surface area contributed by atoms with Gasteiger partial charge in [-0.15, -0.1) is 0 Å². The molecule has 1 atom stereocenters. The van der Waals surface area contributed by atoms with E-state index in [1.54, 1.807) is 13.0 Å². The number of hydrogen-bond donors (Lipinski definition) is 1. The van der Waals surface area contributed by atoms with Crippen molar-refractivity contribution in [2.24, 2.45) is 0 Å². The summed E-state index contributed by atoms with van der Waals surface area (Å²) in [4.78, 5) is 23.3. The van der Waals surface area contributed by atoms with Gasteiger partial charge in [-0.05, 0) is 35.2 Å². The molecule has 3 aromatic rings. The standard InChI is InChI=1S/C21H20N2O3/c1-3-20(18-10-6-8-15-7-4-5-9-17(15)18)22-21(24)19-13-16(23(25)26)12-11-14(19)2/h4-13,20H,3H2,1-2H3,(H,22,24). The molecule has 5 nitrogen and oxygen atoms in total. The summed E-state index contributed by atoms with van der Waals surface area (Å²) >= 11 is 0. The summed E-state index contributed by atoms with van der Waals surface area (Å²) in [5.41, 5.74) is 2.00. The van der Waals surface area contributed by atoms with Crippen LogP contribution in [-0.2, 0) is 0 Å². The van der Waals surface area contributed by atoms with Gasteiger partial charge >= 0.3 is 0 Å². The Bertz CT molecular complexity index is 977. The molecule has 132 valence electrons. The fraction of sp³-hybridized carbons (Fsp3) is 0.190. The van der Waals surface area contributed by atoms with Crippen molar-refractivity contribution in [1.29, 1.82) is 0 Å². The molecule has 0 radical (unpaired) electrons. The number of rotatable bonds is 5. The van der Waals surface area contributed by atoms with Gasteiger partial charge in [0.15, 0.2) is 0 Å². The van der Waals surface area contributed by atoms with Crippen LogP contribution in [0.25, 0.3) is 10.8 Å². The SMILES string of the molecule is CCC(NC(=O)c1cc([N+](=O)[O-])ccc1C)c1cccc2ccccc12. The lowest BCUT2D eigenvalue weighted by atomic mass is 9.96. The highest BCUT2D eigenvalue weighted by molar-refractivity contribution is 5.97. The molecule has 3 aromatic carbocycles. The Labute approximate surface area is 151 Å². The molecule has 1 unspecified atom stereocenters. The van der Waals surface area contributed by atoms with E-state index < -0.39 is 4.92 Å². The molecule has 26 heavy (non-hydrogen) atoms. The molecule has 0 aliphatic carbocycles. The van der Waals surface area contributed by atoms with E-state index in [1.165, 1.54) is 12.1 Å². The molecule has 0 saturated carbocycles. The van der Waals surface area contributed by atoms with Crippen molar-refractivity contribution in [2.45, 2.75) is 26.3 Å². The second-order valence-electron chi connectivity index (χ2n) is 6.26. The van der Waals surface area contributed by atoms with Gasteiger partial charge in [-0.25, -0.2) is 0 Å². The molecule has 3 rings (SSSR count). The third-order valence-electron chi connectivity index (χ3n) is 4.59. The predicted octanol–water partition coefficient (Wildman–Crippen LogP) is 4.94. The van der Waals surface area contributed by atoms with E-state index in [1.807, 2.05) is 49.4 Å². The maximum Gasteiger partial charge on any atom is 0.270 e. The largest absolute Gasteiger partial charge is 0.345 e. The van der Waals surface area contributed by atoms with E-state index in [0.717, 1.165) is 16.3 Å². The van der Waals surface area contributed by atoms with Crippen molar-refractivity contribution in [3.05, 3.63) is 87.5 Å². The number of hydrogen-bond acceptors (Lipinski definition) is 3. The lowest BCUT2D eigenvalue weighted by Gasteiger charge is -2.20. The minimum Gasteiger partial charge on any atom is -0.345 e. The topological polar surface area (TPSA) is 72.2 Å². The van der Waals surface area contributed by atoms with Crippen molar-refractivity contribution < 1.29 is 9.72 Å². The molecule has 0 bridgehead atoms. The number of fused-ring (bicyclic) bond motifs is 1. The second kappa shape index (κ2) is 7.35. The second-order valence-corrected chi connectivity index (χ2v) is 6.26. The van der Waals surface area contributed by atoms with Crippen molar-refractivity contribution >= 4 is 22.4 Å². The zero-order valence-corrected chi connectivity index (χ0v) is 14.7. The van der Waals surface area contributed by atoms with Crippen LogP contribution >= 0.6 is 0 Å². The van der Waals surface area contributed by atoms with Crippen molar-refractivity contribution in [3.8, 4) is 0 Å². The predicted molar refractivity (Wildman–Crippen MR) is 102 cm³/mol. The third-order valence-corrected chi connectivity index (χ3v) is 4.59. The number of carbonyl (C=O) groups is 1. The van der Waals surface area contributed by atoms with E-state index in [0.29, 0.717) is 17.5 Å². The van der Waals surface area contributed by atoms with Crippen LogP contribution < -0.4 is 5.32 Å². The van der Waals surface area contributed by atoms with Gasteiger partial charge in [0.25, 0.3) is 11.6 Å². The first-order valence-corrected chi connectivity index (χ1v) is 8.54. The smallest absolute Gasteiger partial charge is 0.270 e. The fourth-order valence-corrected chi connectivity index (χ4v) is 3.16. The van der Waals surface area contributed by atoms with Gasteiger partial charge in [0.05, 0.1) is 11.0 Å². The van der Waals surface area contributed by atoms with Crippen LogP contribution in [0.15, 0.2) is 60.7 Å². The summed E-state index contributed by atoms with van der Waals surface area (Å²) in [6, 6.07) is 18.2. The number of non-ortho nitro benzene ring substituents is 1. The van der Waals surface area contributed by atoms with Gasteiger partial charge in [0.1, 0.15) is 0 Å². The number of benzene rings is 3. The van der Waals surface area contributed by atoms with Gasteiger partial charge in [-0.2, -0.15) is 0 Å². The van der Waals surface area contributed by atoms with Crippen LogP contribution in [0.5, 0.6) is 0 Å². The molecule has 0 saturated heterocycles. The summed E-state index contributed by atoms with van der Waals surface area (Å²) in [6.07, 6.45) is 0.716. The van der Waals surface area contributed by atoms with E-state index in [9.17, 15) is 14.9 Å². The molecule has 1 amide bonds. The van der Waals surface area contributed by atoms with Crippen LogP contribution in [0.1, 0.15) is 40.9 Å². The van der Waals surface area contributed by atoms with E-state index in [2.05, 4.69) is 5.32 Å². The number of nitro groups is 1. The lowest BCUT2D eigenvalue weighted by Crippen LogP contribution is -2.29. The highest BCUT2D eigenvalue weighted by Crippen LogP contribution is 2.27. The zero-order valence-electron chi connectivity index (χ0n) is 14.7. The Balaban J connectivity index is 1.94. The summed E-state index contributed by atoms with van der Waals surface area (Å²) in [5, 5.41) is 16.3. The molecule has 0 fully saturated rings. The number of nitrogens with one attached hydrogen (secondary N) is 1. The average Bonchev–Trinajstić information content (AvgIpc) is 2.65. The molecule has 0 spiro atoms. The maximum absolute atomic E-state index is 12.8. The number of amides is 1. The molecular weight excluding hydrogens is 328 g/mol. The van der Waals surface area contributed by atoms with E-state index in [4.69, 9.17) is 0 Å². The molecule has 1 N–H and O–H groups in total. The third kappa shape index (κ3) is 3.42. The number of nitrogens with zero attached hydrogens (tertiary/aromatic N) is 1. The highest BCUT2D eigenvalue weighted by Gasteiger charge is 2.19. The van der Waals surface area contributed by atoms with Crippen LogP contribution in [-0.4, -0.2) is 10.8 Å². The van der Waals surface area contributed by atoms with Crippen LogP contribution in [0.4, 0.5) is 5.69 Å². The van der Waals surface area contributed by atoms with Crippen molar-refractivity contribution in [1.82, 2.24) is 5.32 Å². The summed E-state index contributed by atoms with van der Waals surface area (Å²) < 4.78 is 0. The minimum atomic E-state index is -0.488. The number of aryl methyl sites for hydroxylation is 1. The molecule has 0 aromatic heterocycles. The minimum absolute atomic E-state index is 0.0843. The number of nitro benzene ring substituents is 1.